The Balaban J connectivity index is 1.52. The molecule has 0 aromatic heterocycles. The molecule has 4 rings (SSSR count). The van der Waals surface area contributed by atoms with Crippen LogP contribution in [0.4, 0.5) is 11.4 Å². The average molecular weight is 340 g/mol. The van der Waals surface area contributed by atoms with Gasteiger partial charge < -0.3 is 15.0 Å². The van der Waals surface area contributed by atoms with E-state index < -0.39 is 5.25 Å². The van der Waals surface area contributed by atoms with Crippen LogP contribution >= 0.6 is 11.8 Å². The number of rotatable bonds is 2. The molecule has 2 aromatic carbocycles. The van der Waals surface area contributed by atoms with Crippen molar-refractivity contribution in [2.24, 2.45) is 0 Å². The van der Waals surface area contributed by atoms with E-state index in [2.05, 4.69) is 5.32 Å². The van der Waals surface area contributed by atoms with Gasteiger partial charge >= 0.3 is 0 Å². The second-order valence-corrected chi connectivity index (χ2v) is 6.90. The normalized spacial score (nSPS) is 18.9. The highest BCUT2D eigenvalue weighted by Gasteiger charge is 2.32. The summed E-state index contributed by atoms with van der Waals surface area (Å²) >= 11 is 1.45. The van der Waals surface area contributed by atoms with E-state index in [0.29, 0.717) is 18.9 Å². The first kappa shape index (κ1) is 15.1. The largest absolute Gasteiger partial charge is 0.490 e. The molecule has 2 heterocycles. The highest BCUT2D eigenvalue weighted by Crippen LogP contribution is 2.38. The lowest BCUT2D eigenvalue weighted by Gasteiger charge is -2.31. The molecule has 2 aliphatic heterocycles. The smallest absolute Gasteiger partial charge is 0.238 e. The topological polar surface area (TPSA) is 58.6 Å². The molecule has 2 aromatic rings. The van der Waals surface area contributed by atoms with E-state index in [1.54, 1.807) is 4.90 Å². The Hall–Kier alpha value is -2.47. The Labute approximate surface area is 144 Å². The predicted octanol–water partition coefficient (Wildman–Crippen LogP) is 2.92. The van der Waals surface area contributed by atoms with Crippen LogP contribution in [0.25, 0.3) is 0 Å². The number of amides is 2. The van der Waals surface area contributed by atoms with Crippen LogP contribution in [0.5, 0.6) is 5.75 Å². The van der Waals surface area contributed by atoms with Crippen molar-refractivity contribution in [2.75, 3.05) is 23.4 Å². The molecule has 6 heteroatoms. The molecule has 0 radical (unpaired) electrons. The van der Waals surface area contributed by atoms with Crippen molar-refractivity contribution in [2.45, 2.75) is 16.6 Å². The first-order valence-electron chi connectivity index (χ1n) is 7.81. The number of hydrogen-bond acceptors (Lipinski definition) is 4. The van der Waals surface area contributed by atoms with Gasteiger partial charge in [0.15, 0.2) is 0 Å². The number of anilines is 2. The van der Waals surface area contributed by atoms with Gasteiger partial charge in [-0.25, -0.2) is 0 Å². The highest BCUT2D eigenvalue weighted by atomic mass is 32.2. The van der Waals surface area contributed by atoms with E-state index in [4.69, 9.17) is 4.74 Å². The highest BCUT2D eigenvalue weighted by molar-refractivity contribution is 8.01. The molecule has 1 unspecified atom stereocenters. The second kappa shape index (κ2) is 6.20. The van der Waals surface area contributed by atoms with Gasteiger partial charge in [-0.2, -0.15) is 0 Å². The third kappa shape index (κ3) is 2.73. The number of benzene rings is 2. The van der Waals surface area contributed by atoms with Gasteiger partial charge in [0, 0.05) is 11.3 Å². The van der Waals surface area contributed by atoms with Gasteiger partial charge in [0.05, 0.1) is 23.2 Å². The quantitative estimate of drug-likeness (QED) is 0.913. The lowest BCUT2D eigenvalue weighted by Crippen LogP contribution is -2.41. The molecule has 1 N–H and O–H groups in total. The van der Waals surface area contributed by atoms with Crippen molar-refractivity contribution < 1.29 is 14.3 Å². The summed E-state index contributed by atoms with van der Waals surface area (Å²) in [7, 11) is 0. The maximum atomic E-state index is 12.8. The van der Waals surface area contributed by atoms with E-state index in [1.165, 1.54) is 11.8 Å². The Morgan fingerprint density at radius 2 is 2.00 bits per heavy atom. The molecule has 0 bridgehead atoms. The Bertz CT molecular complexity index is 808. The van der Waals surface area contributed by atoms with Gasteiger partial charge in [0.1, 0.15) is 12.4 Å². The van der Waals surface area contributed by atoms with Gasteiger partial charge in [0.25, 0.3) is 0 Å². The fourth-order valence-corrected chi connectivity index (χ4v) is 4.03. The molecular weight excluding hydrogens is 324 g/mol. The monoisotopic (exact) mass is 340 g/mol. The van der Waals surface area contributed by atoms with Gasteiger partial charge in [0.2, 0.25) is 11.8 Å². The summed E-state index contributed by atoms with van der Waals surface area (Å²) in [5.41, 5.74) is 1.59. The number of nitrogens with one attached hydrogen (secondary N) is 1. The molecular formula is C18H16N2O3S. The maximum Gasteiger partial charge on any atom is 0.238 e. The number of carbonyl (C=O) groups is 2. The molecule has 0 saturated carbocycles. The minimum absolute atomic E-state index is 0.0576. The van der Waals surface area contributed by atoms with Crippen LogP contribution in [-0.2, 0) is 9.59 Å². The summed E-state index contributed by atoms with van der Waals surface area (Å²) in [6.07, 6.45) is 0.166. The van der Waals surface area contributed by atoms with Gasteiger partial charge in [-0.05, 0) is 24.3 Å². The molecule has 5 nitrogen and oxygen atoms in total. The van der Waals surface area contributed by atoms with Crippen LogP contribution in [0.2, 0.25) is 0 Å². The molecule has 24 heavy (non-hydrogen) atoms. The van der Waals surface area contributed by atoms with Crippen LogP contribution in [-0.4, -0.2) is 30.2 Å². The first-order chi connectivity index (χ1) is 11.7. The van der Waals surface area contributed by atoms with Crippen molar-refractivity contribution in [3.8, 4) is 5.75 Å². The van der Waals surface area contributed by atoms with Crippen LogP contribution in [0.1, 0.15) is 6.42 Å². The Kier molecular flexibility index (Phi) is 3.90. The maximum absolute atomic E-state index is 12.8. The SMILES string of the molecule is O=C1Nc2ccccc2SC1CC(=O)N1CCOc2ccccc21. The standard InChI is InChI=1S/C18H16N2O3S/c21-17(20-9-10-23-14-7-3-2-6-13(14)20)11-16-18(22)19-12-5-1-4-8-15(12)24-16/h1-8,16H,9-11H2,(H,19,22). The fraction of sp³-hybridized carbons (Fsp3) is 0.222. The fourth-order valence-electron chi connectivity index (χ4n) is 2.92. The van der Waals surface area contributed by atoms with Crippen LogP contribution in [0.3, 0.4) is 0 Å². The summed E-state index contributed by atoms with van der Waals surface area (Å²) in [6.45, 7) is 0.973. The van der Waals surface area contributed by atoms with Crippen molar-refractivity contribution in [1.82, 2.24) is 0 Å². The summed E-state index contributed by atoms with van der Waals surface area (Å²) < 4.78 is 5.58. The predicted molar refractivity (Wildman–Crippen MR) is 93.6 cm³/mol. The van der Waals surface area contributed by atoms with E-state index in [0.717, 1.165) is 16.3 Å². The molecule has 0 saturated heterocycles. The van der Waals surface area contributed by atoms with Gasteiger partial charge in [-0.15, -0.1) is 11.8 Å². The van der Waals surface area contributed by atoms with Crippen LogP contribution in [0.15, 0.2) is 53.4 Å². The minimum Gasteiger partial charge on any atom is -0.490 e. The zero-order valence-electron chi connectivity index (χ0n) is 12.9. The molecule has 2 amide bonds. The molecule has 0 aliphatic carbocycles. The molecule has 0 fully saturated rings. The summed E-state index contributed by atoms with van der Waals surface area (Å²) in [5.74, 6) is 0.537. The number of para-hydroxylation sites is 3. The average Bonchev–Trinajstić information content (AvgIpc) is 2.62. The number of fused-ring (bicyclic) bond motifs is 2. The van der Waals surface area contributed by atoms with E-state index in [-0.39, 0.29) is 18.2 Å². The third-order valence-corrected chi connectivity index (χ3v) is 5.37. The molecule has 122 valence electrons. The first-order valence-corrected chi connectivity index (χ1v) is 8.69. The summed E-state index contributed by atoms with van der Waals surface area (Å²) in [5, 5.41) is 2.47. The van der Waals surface area contributed by atoms with Crippen LogP contribution < -0.4 is 15.0 Å². The lowest BCUT2D eigenvalue weighted by molar-refractivity contribution is -0.122. The minimum atomic E-state index is -0.414. The lowest BCUT2D eigenvalue weighted by atomic mass is 10.2. The van der Waals surface area contributed by atoms with E-state index in [9.17, 15) is 9.59 Å². The molecule has 0 spiro atoms. The number of carbonyl (C=O) groups excluding carboxylic acids is 2. The van der Waals surface area contributed by atoms with E-state index >= 15 is 0 Å². The molecule has 2 aliphatic rings. The number of ether oxygens (including phenoxy) is 1. The third-order valence-electron chi connectivity index (χ3n) is 4.10. The zero-order valence-corrected chi connectivity index (χ0v) is 13.7. The Morgan fingerprint density at radius 3 is 2.92 bits per heavy atom. The zero-order chi connectivity index (χ0) is 16.5. The van der Waals surface area contributed by atoms with Crippen molar-refractivity contribution in [3.63, 3.8) is 0 Å². The Morgan fingerprint density at radius 1 is 1.21 bits per heavy atom. The van der Waals surface area contributed by atoms with Gasteiger partial charge in [-0.3, -0.25) is 9.59 Å². The number of thioether (sulfide) groups is 1. The summed E-state index contributed by atoms with van der Waals surface area (Å²) in [4.78, 5) is 27.8. The molecule has 1 atom stereocenters. The van der Waals surface area contributed by atoms with Crippen molar-refractivity contribution in [3.05, 3.63) is 48.5 Å². The summed E-state index contributed by atoms with van der Waals surface area (Å²) in [6, 6.07) is 15.1. The van der Waals surface area contributed by atoms with E-state index in [1.807, 2.05) is 48.5 Å². The van der Waals surface area contributed by atoms with Crippen molar-refractivity contribution in [1.29, 1.82) is 0 Å². The van der Waals surface area contributed by atoms with Crippen LogP contribution in [0, 0.1) is 0 Å². The number of nitrogens with zero attached hydrogens (tertiary/aromatic N) is 1. The number of hydrogen-bond donors (Lipinski definition) is 1. The van der Waals surface area contributed by atoms with Crippen molar-refractivity contribution >= 4 is 35.0 Å². The second-order valence-electron chi connectivity index (χ2n) is 5.66. The van der Waals surface area contributed by atoms with Gasteiger partial charge in [-0.1, -0.05) is 24.3 Å².